The van der Waals surface area contributed by atoms with E-state index in [0.717, 1.165) is 22.4 Å². The van der Waals surface area contributed by atoms with Crippen LogP contribution >= 0.6 is 0 Å². The fraction of sp³-hybridized carbons (Fsp3) is 0.250. The van der Waals surface area contributed by atoms with E-state index in [0.29, 0.717) is 10.6 Å². The third-order valence-corrected chi connectivity index (χ3v) is 5.08. The highest BCUT2D eigenvalue weighted by atomic mass is 32.2. The average molecular weight is 304 g/mol. The Morgan fingerprint density at radius 2 is 1.48 bits per heavy atom. The fourth-order valence-electron chi connectivity index (χ4n) is 2.40. The summed E-state index contributed by atoms with van der Waals surface area (Å²) in [5.41, 5.74) is 3.85. The Morgan fingerprint density at radius 3 is 2.00 bits per heavy atom. The molecule has 2 rings (SSSR count). The van der Waals surface area contributed by atoms with Gasteiger partial charge in [-0.2, -0.15) is 0 Å². The zero-order chi connectivity index (χ0) is 15.6. The number of rotatable bonds is 4. The van der Waals surface area contributed by atoms with Crippen LogP contribution in [0.3, 0.4) is 0 Å². The highest BCUT2D eigenvalue weighted by Crippen LogP contribution is 2.27. The number of benzene rings is 2. The molecule has 2 aromatic carbocycles. The molecule has 0 fully saturated rings. The van der Waals surface area contributed by atoms with E-state index in [-0.39, 0.29) is 0 Å². The third-order valence-electron chi connectivity index (χ3n) is 3.41. The van der Waals surface area contributed by atoms with Crippen LogP contribution in [-0.4, -0.2) is 15.5 Å². The maximum atomic E-state index is 12.7. The highest BCUT2D eigenvalue weighted by Gasteiger charge is 2.20. The van der Waals surface area contributed by atoms with Gasteiger partial charge in [0.05, 0.1) is 10.6 Å². The normalized spacial score (nSPS) is 11.2. The lowest BCUT2D eigenvalue weighted by Crippen LogP contribution is -2.16. The summed E-state index contributed by atoms with van der Waals surface area (Å²) < 4.78 is 28.0. The molecule has 112 valence electrons. The summed E-state index contributed by atoms with van der Waals surface area (Å²) in [6, 6.07) is 11.0. The Kier molecular flexibility index (Phi) is 4.23. The largest absolute Gasteiger partial charge is 0.388 e. The van der Waals surface area contributed by atoms with E-state index in [2.05, 4.69) is 10.0 Å². The van der Waals surface area contributed by atoms with Gasteiger partial charge in [0.2, 0.25) is 0 Å². The van der Waals surface area contributed by atoms with E-state index < -0.39 is 10.0 Å². The van der Waals surface area contributed by atoms with E-state index in [1.165, 1.54) is 0 Å². The molecule has 0 spiro atoms. The maximum Gasteiger partial charge on any atom is 0.262 e. The monoisotopic (exact) mass is 304 g/mol. The van der Waals surface area contributed by atoms with Crippen LogP contribution in [0.1, 0.15) is 16.7 Å². The molecule has 4 nitrogen and oxygen atoms in total. The van der Waals surface area contributed by atoms with E-state index >= 15 is 0 Å². The number of aryl methyl sites for hydroxylation is 3. The number of nitrogens with one attached hydrogen (secondary N) is 2. The van der Waals surface area contributed by atoms with Gasteiger partial charge in [0.25, 0.3) is 10.0 Å². The van der Waals surface area contributed by atoms with Crippen molar-refractivity contribution in [2.24, 2.45) is 0 Å². The zero-order valence-electron chi connectivity index (χ0n) is 12.7. The summed E-state index contributed by atoms with van der Waals surface area (Å²) in [7, 11) is -1.79. The minimum atomic E-state index is -3.60. The molecule has 2 aromatic rings. The summed E-state index contributed by atoms with van der Waals surface area (Å²) >= 11 is 0. The zero-order valence-corrected chi connectivity index (χ0v) is 13.5. The second kappa shape index (κ2) is 5.77. The topological polar surface area (TPSA) is 58.2 Å². The van der Waals surface area contributed by atoms with Crippen molar-refractivity contribution >= 4 is 21.4 Å². The standard InChI is InChI=1S/C16H20N2O2S/c1-11-7-5-6-8-15(11)18-21(19,20)16-12(2)9-14(17-4)10-13(16)3/h5-10,17-18H,1-4H3. The summed E-state index contributed by atoms with van der Waals surface area (Å²) in [6.07, 6.45) is 0. The van der Waals surface area contributed by atoms with Gasteiger partial charge in [-0.05, 0) is 55.7 Å². The smallest absolute Gasteiger partial charge is 0.262 e. The number of sulfonamides is 1. The van der Waals surface area contributed by atoms with E-state index in [1.807, 2.05) is 44.3 Å². The Hall–Kier alpha value is -2.01. The van der Waals surface area contributed by atoms with Crippen molar-refractivity contribution in [3.05, 3.63) is 53.1 Å². The van der Waals surface area contributed by atoms with Gasteiger partial charge in [-0.25, -0.2) is 8.42 Å². The van der Waals surface area contributed by atoms with Gasteiger partial charge in [0.1, 0.15) is 0 Å². The lowest BCUT2D eigenvalue weighted by Gasteiger charge is -2.15. The first-order chi connectivity index (χ1) is 9.85. The van der Waals surface area contributed by atoms with Crippen LogP contribution in [0, 0.1) is 20.8 Å². The van der Waals surface area contributed by atoms with Gasteiger partial charge >= 0.3 is 0 Å². The number of hydrogen-bond donors (Lipinski definition) is 2. The molecular weight excluding hydrogens is 284 g/mol. The fourth-order valence-corrected chi connectivity index (χ4v) is 3.99. The Labute approximate surface area is 126 Å². The number of hydrogen-bond acceptors (Lipinski definition) is 3. The molecule has 0 bridgehead atoms. The molecule has 0 aliphatic carbocycles. The summed E-state index contributed by atoms with van der Waals surface area (Å²) in [5.74, 6) is 0. The van der Waals surface area contributed by atoms with Crippen LogP contribution in [0.2, 0.25) is 0 Å². The lowest BCUT2D eigenvalue weighted by atomic mass is 10.1. The third kappa shape index (κ3) is 3.19. The van der Waals surface area contributed by atoms with Crippen molar-refractivity contribution in [1.29, 1.82) is 0 Å². The predicted octanol–water partition coefficient (Wildman–Crippen LogP) is 3.45. The first-order valence-electron chi connectivity index (χ1n) is 6.72. The molecular formula is C16H20N2O2S. The molecule has 0 heterocycles. The quantitative estimate of drug-likeness (QED) is 0.909. The molecule has 0 aromatic heterocycles. The van der Waals surface area contributed by atoms with Crippen LogP contribution in [0.15, 0.2) is 41.3 Å². The molecule has 0 radical (unpaired) electrons. The van der Waals surface area contributed by atoms with E-state index in [1.54, 1.807) is 19.9 Å². The minimum Gasteiger partial charge on any atom is -0.388 e. The molecule has 0 aliphatic rings. The van der Waals surface area contributed by atoms with Gasteiger partial charge in [0.15, 0.2) is 0 Å². The Balaban J connectivity index is 2.48. The van der Waals surface area contributed by atoms with Crippen molar-refractivity contribution < 1.29 is 8.42 Å². The first kappa shape index (κ1) is 15.4. The number of para-hydroxylation sites is 1. The van der Waals surface area contributed by atoms with E-state index in [4.69, 9.17) is 0 Å². The summed E-state index contributed by atoms with van der Waals surface area (Å²) in [6.45, 7) is 5.49. The Morgan fingerprint density at radius 1 is 0.905 bits per heavy atom. The van der Waals surface area contributed by atoms with E-state index in [9.17, 15) is 8.42 Å². The lowest BCUT2D eigenvalue weighted by molar-refractivity contribution is 0.600. The van der Waals surface area contributed by atoms with Gasteiger partial charge in [-0.3, -0.25) is 4.72 Å². The van der Waals surface area contributed by atoms with Gasteiger partial charge in [-0.1, -0.05) is 18.2 Å². The van der Waals surface area contributed by atoms with Crippen molar-refractivity contribution in [1.82, 2.24) is 0 Å². The molecule has 0 atom stereocenters. The average Bonchev–Trinajstić information content (AvgIpc) is 2.40. The van der Waals surface area contributed by atoms with Crippen molar-refractivity contribution in [2.75, 3.05) is 17.1 Å². The van der Waals surface area contributed by atoms with Crippen LogP contribution < -0.4 is 10.0 Å². The Bertz CT molecular complexity index is 745. The van der Waals surface area contributed by atoms with Gasteiger partial charge in [-0.15, -0.1) is 0 Å². The first-order valence-corrected chi connectivity index (χ1v) is 8.21. The SMILES string of the molecule is CNc1cc(C)c(S(=O)(=O)Nc2ccccc2C)c(C)c1. The van der Waals surface area contributed by atoms with Crippen LogP contribution in [-0.2, 0) is 10.0 Å². The molecule has 0 saturated heterocycles. The second-order valence-electron chi connectivity index (χ2n) is 5.11. The van der Waals surface area contributed by atoms with Crippen molar-refractivity contribution in [3.8, 4) is 0 Å². The molecule has 0 amide bonds. The maximum absolute atomic E-state index is 12.7. The van der Waals surface area contributed by atoms with Crippen LogP contribution in [0.5, 0.6) is 0 Å². The van der Waals surface area contributed by atoms with Crippen molar-refractivity contribution in [2.45, 2.75) is 25.7 Å². The van der Waals surface area contributed by atoms with Crippen LogP contribution in [0.25, 0.3) is 0 Å². The molecule has 0 aliphatic heterocycles. The second-order valence-corrected chi connectivity index (χ2v) is 6.73. The minimum absolute atomic E-state index is 0.338. The molecule has 21 heavy (non-hydrogen) atoms. The predicted molar refractivity (Wildman–Crippen MR) is 87.5 cm³/mol. The molecule has 2 N–H and O–H groups in total. The van der Waals surface area contributed by atoms with Gasteiger partial charge < -0.3 is 5.32 Å². The highest BCUT2D eigenvalue weighted by molar-refractivity contribution is 7.92. The summed E-state index contributed by atoms with van der Waals surface area (Å²) in [5, 5.41) is 3.03. The molecule has 5 heteroatoms. The van der Waals surface area contributed by atoms with Crippen molar-refractivity contribution in [3.63, 3.8) is 0 Å². The van der Waals surface area contributed by atoms with Gasteiger partial charge in [0, 0.05) is 12.7 Å². The molecule has 0 saturated carbocycles. The summed E-state index contributed by atoms with van der Waals surface area (Å²) in [4.78, 5) is 0.338. The number of anilines is 2. The molecule has 0 unspecified atom stereocenters. The van der Waals surface area contributed by atoms with Crippen LogP contribution in [0.4, 0.5) is 11.4 Å².